The van der Waals surface area contributed by atoms with E-state index < -0.39 is 0 Å². The fraction of sp³-hybridized carbons (Fsp3) is 0.211. The highest BCUT2D eigenvalue weighted by Gasteiger charge is 2.11. The van der Waals surface area contributed by atoms with Crippen molar-refractivity contribution >= 4 is 28.1 Å². The third kappa shape index (κ3) is 3.24. The van der Waals surface area contributed by atoms with Crippen LogP contribution in [0.5, 0.6) is 11.5 Å². The number of hydrogen-bond donors (Lipinski definition) is 1. The van der Waals surface area contributed by atoms with Gasteiger partial charge in [0.25, 0.3) is 0 Å². The second-order valence-corrected chi connectivity index (χ2v) is 5.66. The average Bonchev–Trinajstić information content (AvgIpc) is 2.65. The number of benzene rings is 2. The van der Waals surface area contributed by atoms with Gasteiger partial charge in [-0.15, -0.1) is 11.6 Å². The molecule has 0 saturated carbocycles. The first-order valence-corrected chi connectivity index (χ1v) is 8.21. The number of fused-ring (bicyclic) bond motifs is 1. The van der Waals surface area contributed by atoms with Gasteiger partial charge in [-0.25, -0.2) is 0 Å². The van der Waals surface area contributed by atoms with Gasteiger partial charge in [-0.3, -0.25) is 4.98 Å². The van der Waals surface area contributed by atoms with E-state index in [2.05, 4.69) is 22.4 Å². The SMILES string of the molecule is COc1cc2ccnc(-c3ccc(NCCCl)cc3)c2cc1OC. The molecule has 5 heteroatoms. The summed E-state index contributed by atoms with van der Waals surface area (Å²) in [6.07, 6.45) is 1.81. The molecule has 1 aromatic heterocycles. The fourth-order valence-corrected chi connectivity index (χ4v) is 2.76. The number of rotatable bonds is 6. The minimum absolute atomic E-state index is 0.578. The predicted molar refractivity (Wildman–Crippen MR) is 99.5 cm³/mol. The van der Waals surface area contributed by atoms with Crippen LogP contribution in [0.25, 0.3) is 22.0 Å². The summed E-state index contributed by atoms with van der Waals surface area (Å²) in [5.41, 5.74) is 3.00. The molecule has 1 N–H and O–H groups in total. The largest absolute Gasteiger partial charge is 0.493 e. The van der Waals surface area contributed by atoms with Gasteiger partial charge in [0.2, 0.25) is 0 Å². The van der Waals surface area contributed by atoms with Crippen LogP contribution < -0.4 is 14.8 Å². The zero-order valence-corrected chi connectivity index (χ0v) is 14.4. The first kappa shape index (κ1) is 16.4. The lowest BCUT2D eigenvalue weighted by Crippen LogP contribution is -2.01. The molecule has 2 aromatic carbocycles. The van der Waals surface area contributed by atoms with Crippen molar-refractivity contribution in [3.05, 3.63) is 48.7 Å². The minimum atomic E-state index is 0.578. The van der Waals surface area contributed by atoms with Gasteiger partial charge in [0.1, 0.15) is 0 Å². The van der Waals surface area contributed by atoms with E-state index in [0.717, 1.165) is 34.3 Å². The van der Waals surface area contributed by atoms with Crippen LogP contribution in [0.15, 0.2) is 48.7 Å². The van der Waals surface area contributed by atoms with Gasteiger partial charge in [0.05, 0.1) is 19.9 Å². The van der Waals surface area contributed by atoms with Crippen molar-refractivity contribution in [1.29, 1.82) is 0 Å². The summed E-state index contributed by atoms with van der Waals surface area (Å²) in [5, 5.41) is 5.34. The molecule has 1 heterocycles. The summed E-state index contributed by atoms with van der Waals surface area (Å²) in [5.74, 6) is 1.98. The first-order valence-electron chi connectivity index (χ1n) is 7.68. The highest BCUT2D eigenvalue weighted by molar-refractivity contribution is 6.18. The number of ether oxygens (including phenoxy) is 2. The third-order valence-electron chi connectivity index (χ3n) is 3.85. The van der Waals surface area contributed by atoms with Gasteiger partial charge in [-0.05, 0) is 35.7 Å². The second kappa shape index (κ2) is 7.41. The lowest BCUT2D eigenvalue weighted by Gasteiger charge is -2.12. The molecule has 0 aliphatic rings. The van der Waals surface area contributed by atoms with E-state index in [1.54, 1.807) is 14.2 Å². The van der Waals surface area contributed by atoms with Gasteiger partial charge in [-0.1, -0.05) is 12.1 Å². The van der Waals surface area contributed by atoms with Gasteiger partial charge in [-0.2, -0.15) is 0 Å². The summed E-state index contributed by atoms with van der Waals surface area (Å²) >= 11 is 5.70. The lowest BCUT2D eigenvalue weighted by molar-refractivity contribution is 0.356. The molecule has 124 valence electrons. The number of alkyl halides is 1. The lowest BCUT2D eigenvalue weighted by atomic mass is 10.0. The monoisotopic (exact) mass is 342 g/mol. The van der Waals surface area contributed by atoms with Crippen LogP contribution in [0.1, 0.15) is 0 Å². The van der Waals surface area contributed by atoms with Crippen molar-refractivity contribution in [3.63, 3.8) is 0 Å². The van der Waals surface area contributed by atoms with Crippen LogP contribution in [0.2, 0.25) is 0 Å². The summed E-state index contributed by atoms with van der Waals surface area (Å²) in [7, 11) is 3.27. The maximum Gasteiger partial charge on any atom is 0.161 e. The van der Waals surface area contributed by atoms with Crippen molar-refractivity contribution < 1.29 is 9.47 Å². The number of hydrogen-bond acceptors (Lipinski definition) is 4. The molecule has 0 saturated heterocycles. The molecule has 3 aromatic rings. The van der Waals surface area contributed by atoms with E-state index in [1.807, 2.05) is 36.5 Å². The molecular formula is C19H19ClN2O2. The Kier molecular flexibility index (Phi) is 5.06. The molecule has 24 heavy (non-hydrogen) atoms. The van der Waals surface area contributed by atoms with E-state index in [9.17, 15) is 0 Å². The molecule has 0 aliphatic heterocycles. The van der Waals surface area contributed by atoms with Crippen LogP contribution in [-0.4, -0.2) is 31.6 Å². The Hall–Kier alpha value is -2.46. The number of anilines is 1. The van der Waals surface area contributed by atoms with Gasteiger partial charge < -0.3 is 14.8 Å². The minimum Gasteiger partial charge on any atom is -0.493 e. The molecule has 0 atom stereocenters. The molecule has 0 fully saturated rings. The van der Waals surface area contributed by atoms with E-state index >= 15 is 0 Å². The van der Waals surface area contributed by atoms with Gasteiger partial charge in [0, 0.05) is 35.3 Å². The number of nitrogens with one attached hydrogen (secondary N) is 1. The molecule has 0 radical (unpaired) electrons. The Bertz CT molecular complexity index is 835. The molecular weight excluding hydrogens is 324 g/mol. The number of pyridine rings is 1. The van der Waals surface area contributed by atoms with Crippen molar-refractivity contribution in [2.24, 2.45) is 0 Å². The molecule has 0 amide bonds. The quantitative estimate of drug-likeness (QED) is 0.666. The zero-order chi connectivity index (χ0) is 16.9. The standard InChI is InChI=1S/C19H19ClN2O2/c1-23-17-11-14-7-9-22-19(16(14)12-18(17)24-2)13-3-5-15(6-4-13)21-10-8-20/h3-7,9,11-12,21H,8,10H2,1-2H3. The molecule has 0 aliphatic carbocycles. The number of halogens is 1. The van der Waals surface area contributed by atoms with E-state index in [1.165, 1.54) is 0 Å². The maximum atomic E-state index is 5.70. The normalized spacial score (nSPS) is 10.6. The van der Waals surface area contributed by atoms with Crippen molar-refractivity contribution in [2.45, 2.75) is 0 Å². The summed E-state index contributed by atoms with van der Waals surface area (Å²) < 4.78 is 10.8. The molecule has 3 rings (SSSR count). The molecule has 0 unspecified atom stereocenters. The number of aromatic nitrogens is 1. The average molecular weight is 343 g/mol. The summed E-state index contributed by atoms with van der Waals surface area (Å²) in [4.78, 5) is 4.56. The zero-order valence-electron chi connectivity index (χ0n) is 13.7. The highest BCUT2D eigenvalue weighted by Crippen LogP contribution is 2.36. The maximum absolute atomic E-state index is 5.70. The van der Waals surface area contributed by atoms with Crippen molar-refractivity contribution in [1.82, 2.24) is 4.98 Å². The summed E-state index contributed by atoms with van der Waals surface area (Å²) in [6, 6.07) is 14.1. The van der Waals surface area contributed by atoms with Crippen LogP contribution in [0.4, 0.5) is 5.69 Å². The molecule has 4 nitrogen and oxygen atoms in total. The first-order chi connectivity index (χ1) is 11.8. The van der Waals surface area contributed by atoms with E-state index in [0.29, 0.717) is 17.4 Å². The van der Waals surface area contributed by atoms with Crippen molar-refractivity contribution in [3.8, 4) is 22.8 Å². The van der Waals surface area contributed by atoms with Crippen molar-refractivity contribution in [2.75, 3.05) is 32.0 Å². The Labute approximate surface area is 146 Å². The van der Waals surface area contributed by atoms with Crippen LogP contribution in [-0.2, 0) is 0 Å². The van der Waals surface area contributed by atoms with Crippen LogP contribution >= 0.6 is 11.6 Å². The molecule has 0 spiro atoms. The Morgan fingerprint density at radius 3 is 2.38 bits per heavy atom. The number of nitrogens with zero attached hydrogens (tertiary/aromatic N) is 1. The van der Waals surface area contributed by atoms with E-state index in [4.69, 9.17) is 21.1 Å². The third-order valence-corrected chi connectivity index (χ3v) is 4.04. The smallest absolute Gasteiger partial charge is 0.161 e. The van der Waals surface area contributed by atoms with Crippen LogP contribution in [0, 0.1) is 0 Å². The Morgan fingerprint density at radius 2 is 1.71 bits per heavy atom. The molecule has 0 bridgehead atoms. The number of methoxy groups -OCH3 is 2. The predicted octanol–water partition coefficient (Wildman–Crippen LogP) is 4.57. The fourth-order valence-electron chi connectivity index (χ4n) is 2.67. The Balaban J connectivity index is 2.05. The van der Waals surface area contributed by atoms with E-state index in [-0.39, 0.29) is 0 Å². The second-order valence-electron chi connectivity index (χ2n) is 5.28. The van der Waals surface area contributed by atoms with Crippen LogP contribution in [0.3, 0.4) is 0 Å². The Morgan fingerprint density at radius 1 is 1.00 bits per heavy atom. The van der Waals surface area contributed by atoms with Gasteiger partial charge >= 0.3 is 0 Å². The summed E-state index contributed by atoms with van der Waals surface area (Å²) in [6.45, 7) is 0.740. The highest BCUT2D eigenvalue weighted by atomic mass is 35.5. The topological polar surface area (TPSA) is 43.4 Å². The van der Waals surface area contributed by atoms with Gasteiger partial charge in [0.15, 0.2) is 11.5 Å².